The average Bonchev–Trinajstić information content (AvgIpc) is 2.45. The van der Waals surface area contributed by atoms with Gasteiger partial charge >= 0.3 is 0 Å². The minimum atomic E-state index is 0.361. The van der Waals surface area contributed by atoms with E-state index in [0.717, 1.165) is 6.42 Å². The van der Waals surface area contributed by atoms with Crippen LogP contribution in [-0.2, 0) is 0 Å². The lowest BCUT2D eigenvalue weighted by Crippen LogP contribution is -2.49. The first-order valence-corrected chi connectivity index (χ1v) is 6.36. The Morgan fingerprint density at radius 3 is 2.73 bits per heavy atom. The third-order valence-electron chi connectivity index (χ3n) is 3.75. The van der Waals surface area contributed by atoms with Crippen molar-refractivity contribution in [3.05, 3.63) is 0 Å². The quantitative estimate of drug-likeness (QED) is 0.700. The molecule has 1 rings (SSSR count). The van der Waals surface area contributed by atoms with Crippen LogP contribution in [0.25, 0.3) is 0 Å². The van der Waals surface area contributed by atoms with Gasteiger partial charge in [0.1, 0.15) is 0 Å². The molecule has 86 valence electrons. The minimum Gasteiger partial charge on any atom is -0.311 e. The van der Waals surface area contributed by atoms with E-state index in [0.29, 0.717) is 11.5 Å². The highest BCUT2D eigenvalue weighted by Gasteiger charge is 2.32. The van der Waals surface area contributed by atoms with Crippen LogP contribution in [0.1, 0.15) is 59.3 Å². The third kappa shape index (κ3) is 3.54. The van der Waals surface area contributed by atoms with Gasteiger partial charge in [-0.15, -0.1) is 11.8 Å². The van der Waals surface area contributed by atoms with Gasteiger partial charge in [0.15, 0.2) is 0 Å². The van der Waals surface area contributed by atoms with Crippen LogP contribution in [0.4, 0.5) is 0 Å². The van der Waals surface area contributed by atoms with Gasteiger partial charge in [-0.3, -0.25) is 0 Å². The van der Waals surface area contributed by atoms with Crippen molar-refractivity contribution >= 4 is 0 Å². The largest absolute Gasteiger partial charge is 0.311 e. The van der Waals surface area contributed by atoms with E-state index in [1.54, 1.807) is 0 Å². The van der Waals surface area contributed by atoms with Crippen LogP contribution in [0.3, 0.4) is 0 Å². The van der Waals surface area contributed by atoms with E-state index < -0.39 is 0 Å². The Hall–Kier alpha value is -0.480. The zero-order valence-corrected chi connectivity index (χ0v) is 10.5. The van der Waals surface area contributed by atoms with E-state index in [1.165, 1.54) is 38.6 Å². The van der Waals surface area contributed by atoms with Crippen molar-refractivity contribution < 1.29 is 0 Å². The molecule has 0 spiro atoms. The zero-order chi connectivity index (χ0) is 11.1. The van der Waals surface area contributed by atoms with Crippen LogP contribution < -0.4 is 5.32 Å². The fraction of sp³-hybridized carbons (Fsp3) is 0.857. The summed E-state index contributed by atoms with van der Waals surface area (Å²) in [5, 5.41) is 3.79. The molecule has 15 heavy (non-hydrogen) atoms. The van der Waals surface area contributed by atoms with Gasteiger partial charge in [-0.25, -0.2) is 0 Å². The predicted molar refractivity (Wildman–Crippen MR) is 66.7 cm³/mol. The maximum Gasteiger partial charge on any atom is 0.0213 e. The maximum atomic E-state index is 3.79. The van der Waals surface area contributed by atoms with Gasteiger partial charge in [-0.2, -0.15) is 0 Å². The first-order chi connectivity index (χ1) is 7.21. The normalized spacial score (nSPS) is 26.9. The van der Waals surface area contributed by atoms with Crippen LogP contribution in [0.5, 0.6) is 0 Å². The average molecular weight is 207 g/mol. The first-order valence-electron chi connectivity index (χ1n) is 6.36. The molecule has 1 aliphatic heterocycles. The summed E-state index contributed by atoms with van der Waals surface area (Å²) in [6.07, 6.45) is 7.70. The van der Waals surface area contributed by atoms with Crippen molar-refractivity contribution in [2.24, 2.45) is 5.92 Å². The van der Waals surface area contributed by atoms with Crippen LogP contribution >= 0.6 is 0 Å². The Kier molecular flexibility index (Phi) is 5.19. The van der Waals surface area contributed by atoms with E-state index in [1.807, 2.05) is 6.92 Å². The van der Waals surface area contributed by atoms with E-state index in [-0.39, 0.29) is 0 Å². The molecule has 1 heterocycles. The molecular weight excluding hydrogens is 182 g/mol. The number of nitrogens with one attached hydrogen (secondary N) is 1. The highest BCUT2D eigenvalue weighted by Crippen LogP contribution is 2.30. The van der Waals surface area contributed by atoms with Gasteiger partial charge in [0, 0.05) is 12.0 Å². The molecule has 0 amide bonds. The van der Waals surface area contributed by atoms with Crippen molar-refractivity contribution in [3.8, 4) is 11.8 Å². The molecule has 1 N–H and O–H groups in total. The van der Waals surface area contributed by atoms with Crippen molar-refractivity contribution in [3.63, 3.8) is 0 Å². The van der Waals surface area contributed by atoms with Crippen LogP contribution in [0, 0.1) is 17.8 Å². The molecule has 1 aliphatic rings. The zero-order valence-electron chi connectivity index (χ0n) is 10.5. The summed E-state index contributed by atoms with van der Waals surface area (Å²) in [7, 11) is 0. The Labute approximate surface area is 95.0 Å². The highest BCUT2D eigenvalue weighted by molar-refractivity contribution is 5.00. The summed E-state index contributed by atoms with van der Waals surface area (Å²) in [6.45, 7) is 7.82. The van der Waals surface area contributed by atoms with E-state index in [9.17, 15) is 0 Å². The number of rotatable bonds is 3. The molecule has 0 aromatic carbocycles. The Bertz CT molecular complexity index is 223. The van der Waals surface area contributed by atoms with Crippen LogP contribution in [0.2, 0.25) is 0 Å². The molecule has 1 atom stereocenters. The standard InChI is InChI=1S/C14H25N/c1-4-5-7-10-14(13(2)3)11-8-6-9-12-15-14/h13,15H,6-12H2,1-3H3. The molecule has 0 aromatic rings. The lowest BCUT2D eigenvalue weighted by Gasteiger charge is -2.37. The van der Waals surface area contributed by atoms with Crippen molar-refractivity contribution in [1.82, 2.24) is 5.32 Å². The molecule has 0 bridgehead atoms. The maximum absolute atomic E-state index is 3.79. The van der Waals surface area contributed by atoms with Crippen molar-refractivity contribution in [2.75, 3.05) is 6.54 Å². The summed E-state index contributed by atoms with van der Waals surface area (Å²) in [5.41, 5.74) is 0.361. The van der Waals surface area contributed by atoms with Gasteiger partial charge in [0.2, 0.25) is 0 Å². The lowest BCUT2D eigenvalue weighted by atomic mass is 9.79. The van der Waals surface area contributed by atoms with Gasteiger partial charge < -0.3 is 5.32 Å². The summed E-state index contributed by atoms with van der Waals surface area (Å²) in [5.74, 6) is 6.92. The van der Waals surface area contributed by atoms with Crippen molar-refractivity contribution in [2.45, 2.75) is 64.8 Å². The van der Waals surface area contributed by atoms with Crippen molar-refractivity contribution in [1.29, 1.82) is 0 Å². The first kappa shape index (κ1) is 12.6. The predicted octanol–water partition coefficient (Wildman–Crippen LogP) is 3.35. The molecule has 1 heteroatoms. The van der Waals surface area contributed by atoms with E-state index >= 15 is 0 Å². The Morgan fingerprint density at radius 1 is 1.27 bits per heavy atom. The summed E-state index contributed by atoms with van der Waals surface area (Å²) < 4.78 is 0. The number of hydrogen-bond acceptors (Lipinski definition) is 1. The molecule has 1 fully saturated rings. The van der Waals surface area contributed by atoms with Crippen LogP contribution in [0.15, 0.2) is 0 Å². The summed E-state index contributed by atoms with van der Waals surface area (Å²) in [6, 6.07) is 0. The SMILES string of the molecule is CC#CCCC1(C(C)C)CCCCCN1. The smallest absolute Gasteiger partial charge is 0.0213 e. The Morgan fingerprint density at radius 2 is 2.07 bits per heavy atom. The second-order valence-electron chi connectivity index (χ2n) is 4.98. The molecule has 0 saturated carbocycles. The van der Waals surface area contributed by atoms with Gasteiger partial charge in [-0.05, 0) is 38.6 Å². The molecule has 0 aliphatic carbocycles. The van der Waals surface area contributed by atoms with E-state index in [2.05, 4.69) is 31.0 Å². The second-order valence-corrected chi connectivity index (χ2v) is 4.98. The highest BCUT2D eigenvalue weighted by atomic mass is 15.0. The molecule has 0 radical (unpaired) electrons. The van der Waals surface area contributed by atoms with Gasteiger partial charge in [-0.1, -0.05) is 26.7 Å². The molecule has 0 aromatic heterocycles. The molecule has 1 saturated heterocycles. The fourth-order valence-electron chi connectivity index (χ4n) is 2.57. The topological polar surface area (TPSA) is 12.0 Å². The number of hydrogen-bond donors (Lipinski definition) is 1. The summed E-state index contributed by atoms with van der Waals surface area (Å²) in [4.78, 5) is 0. The molecule has 1 nitrogen and oxygen atoms in total. The molecule has 1 unspecified atom stereocenters. The van der Waals surface area contributed by atoms with E-state index in [4.69, 9.17) is 0 Å². The lowest BCUT2D eigenvalue weighted by molar-refractivity contribution is 0.213. The van der Waals surface area contributed by atoms with Crippen LogP contribution in [-0.4, -0.2) is 12.1 Å². The Balaban J connectivity index is 2.61. The second kappa shape index (κ2) is 6.18. The third-order valence-corrected chi connectivity index (χ3v) is 3.75. The van der Waals surface area contributed by atoms with Gasteiger partial charge in [0.05, 0.1) is 0 Å². The summed E-state index contributed by atoms with van der Waals surface area (Å²) >= 11 is 0. The minimum absolute atomic E-state index is 0.361. The van der Waals surface area contributed by atoms with Gasteiger partial charge in [0.25, 0.3) is 0 Å². The fourth-order valence-corrected chi connectivity index (χ4v) is 2.57. The molecular formula is C14H25N. The monoisotopic (exact) mass is 207 g/mol.